The van der Waals surface area contributed by atoms with Crippen LogP contribution in [-0.2, 0) is 15.8 Å². The van der Waals surface area contributed by atoms with E-state index in [2.05, 4.69) is 16.0 Å². The SMILES string of the molecule is O=C(/C=C/c1ccccc1)NCC(=O)NCCNC(=O)c1ccc(C(F)(F)F)cc1. The van der Waals surface area contributed by atoms with Crippen LogP contribution in [0.15, 0.2) is 60.7 Å². The van der Waals surface area contributed by atoms with Crippen LogP contribution in [0.3, 0.4) is 0 Å². The summed E-state index contributed by atoms with van der Waals surface area (Å²) in [5.41, 5.74) is 0.0830. The molecule has 3 amide bonds. The van der Waals surface area contributed by atoms with Gasteiger partial charge in [-0.2, -0.15) is 13.2 Å². The third-order valence-corrected chi connectivity index (χ3v) is 3.86. The van der Waals surface area contributed by atoms with Gasteiger partial charge in [0.15, 0.2) is 0 Å². The third-order valence-electron chi connectivity index (χ3n) is 3.86. The minimum absolute atomic E-state index is 0.0757. The number of amides is 3. The molecule has 30 heavy (non-hydrogen) atoms. The van der Waals surface area contributed by atoms with Gasteiger partial charge in [-0.15, -0.1) is 0 Å². The number of hydrogen-bond donors (Lipinski definition) is 3. The van der Waals surface area contributed by atoms with E-state index in [9.17, 15) is 27.6 Å². The second-order valence-corrected chi connectivity index (χ2v) is 6.14. The summed E-state index contributed by atoms with van der Waals surface area (Å²) in [5.74, 6) is -1.43. The zero-order chi connectivity index (χ0) is 22.0. The second-order valence-electron chi connectivity index (χ2n) is 6.14. The Morgan fingerprint density at radius 2 is 1.47 bits per heavy atom. The van der Waals surface area contributed by atoms with Crippen molar-refractivity contribution < 1.29 is 27.6 Å². The molecule has 0 aromatic heterocycles. The lowest BCUT2D eigenvalue weighted by molar-refractivity contribution is -0.137. The molecule has 0 aliphatic carbocycles. The van der Waals surface area contributed by atoms with Gasteiger partial charge >= 0.3 is 6.18 Å². The summed E-state index contributed by atoms with van der Waals surface area (Å²) in [6.07, 6.45) is -1.54. The predicted molar refractivity (Wildman–Crippen MR) is 105 cm³/mol. The standard InChI is InChI=1S/C21H20F3N3O3/c22-21(23,24)17-9-7-16(8-10-17)20(30)26-13-12-25-19(29)14-27-18(28)11-6-15-4-2-1-3-5-15/h1-11H,12-14H2,(H,25,29)(H,26,30)(H,27,28)/b11-6+. The van der Waals surface area contributed by atoms with E-state index in [4.69, 9.17) is 0 Å². The van der Waals surface area contributed by atoms with Gasteiger partial charge in [0.05, 0.1) is 12.1 Å². The van der Waals surface area contributed by atoms with Crippen LogP contribution in [0.2, 0.25) is 0 Å². The largest absolute Gasteiger partial charge is 0.416 e. The lowest BCUT2D eigenvalue weighted by Crippen LogP contribution is -2.40. The van der Waals surface area contributed by atoms with E-state index in [1.165, 1.54) is 6.08 Å². The number of benzene rings is 2. The van der Waals surface area contributed by atoms with Crippen LogP contribution < -0.4 is 16.0 Å². The number of rotatable bonds is 8. The fourth-order valence-corrected chi connectivity index (χ4v) is 2.32. The molecule has 0 bridgehead atoms. The minimum atomic E-state index is -4.47. The van der Waals surface area contributed by atoms with Gasteiger partial charge in [0.25, 0.3) is 5.91 Å². The van der Waals surface area contributed by atoms with E-state index in [1.54, 1.807) is 6.08 Å². The first-order chi connectivity index (χ1) is 14.3. The quantitative estimate of drug-likeness (QED) is 0.454. The molecule has 3 N–H and O–H groups in total. The van der Waals surface area contributed by atoms with E-state index in [1.807, 2.05) is 30.3 Å². The first-order valence-electron chi connectivity index (χ1n) is 8.99. The highest BCUT2D eigenvalue weighted by atomic mass is 19.4. The zero-order valence-electron chi connectivity index (χ0n) is 15.8. The van der Waals surface area contributed by atoms with Crippen LogP contribution in [-0.4, -0.2) is 37.4 Å². The van der Waals surface area contributed by atoms with Crippen molar-refractivity contribution in [3.63, 3.8) is 0 Å². The van der Waals surface area contributed by atoms with Gasteiger partial charge in [-0.25, -0.2) is 0 Å². The molecule has 0 radical (unpaired) electrons. The molecule has 2 rings (SSSR count). The summed E-state index contributed by atoms with van der Waals surface area (Å²) in [6, 6.07) is 13.0. The van der Waals surface area contributed by atoms with Crippen LogP contribution in [0.5, 0.6) is 0 Å². The summed E-state index contributed by atoms with van der Waals surface area (Å²) in [4.78, 5) is 35.3. The van der Waals surface area contributed by atoms with Crippen molar-refractivity contribution in [1.29, 1.82) is 0 Å². The van der Waals surface area contributed by atoms with E-state index in [0.29, 0.717) is 0 Å². The molecule has 158 valence electrons. The van der Waals surface area contributed by atoms with Crippen molar-refractivity contribution in [3.05, 3.63) is 77.4 Å². The molecule has 0 saturated heterocycles. The van der Waals surface area contributed by atoms with E-state index in [0.717, 1.165) is 29.8 Å². The van der Waals surface area contributed by atoms with Crippen molar-refractivity contribution in [1.82, 2.24) is 16.0 Å². The summed E-state index contributed by atoms with van der Waals surface area (Å²) in [6.45, 7) is -0.0564. The van der Waals surface area contributed by atoms with Crippen LogP contribution in [0.25, 0.3) is 6.08 Å². The molecule has 6 nitrogen and oxygen atoms in total. The van der Waals surface area contributed by atoms with Gasteiger partial charge in [0, 0.05) is 24.7 Å². The van der Waals surface area contributed by atoms with Gasteiger partial charge in [-0.3, -0.25) is 14.4 Å². The summed E-state index contributed by atoms with van der Waals surface area (Å²) in [5, 5.41) is 7.42. The number of alkyl halides is 3. The van der Waals surface area contributed by atoms with Crippen molar-refractivity contribution in [2.45, 2.75) is 6.18 Å². The van der Waals surface area contributed by atoms with Gasteiger partial charge in [0.2, 0.25) is 11.8 Å². The first-order valence-corrected chi connectivity index (χ1v) is 8.99. The maximum Gasteiger partial charge on any atom is 0.416 e. The fraction of sp³-hybridized carbons (Fsp3) is 0.190. The zero-order valence-corrected chi connectivity index (χ0v) is 15.8. The van der Waals surface area contributed by atoms with Crippen molar-refractivity contribution in [2.75, 3.05) is 19.6 Å². The predicted octanol–water partition coefficient (Wildman–Crippen LogP) is 2.38. The molecule has 0 atom stereocenters. The van der Waals surface area contributed by atoms with Crippen LogP contribution in [0.1, 0.15) is 21.5 Å². The molecular formula is C21H20F3N3O3. The molecule has 2 aromatic rings. The number of carbonyl (C=O) groups excluding carboxylic acids is 3. The Balaban J connectivity index is 1.64. The Labute approximate surface area is 171 Å². The maximum atomic E-state index is 12.5. The van der Waals surface area contributed by atoms with Crippen LogP contribution in [0.4, 0.5) is 13.2 Å². The highest BCUT2D eigenvalue weighted by Crippen LogP contribution is 2.29. The lowest BCUT2D eigenvalue weighted by atomic mass is 10.1. The molecule has 9 heteroatoms. The second kappa shape index (κ2) is 10.8. The summed E-state index contributed by atoms with van der Waals surface area (Å²) in [7, 11) is 0. The average molecular weight is 419 g/mol. The smallest absolute Gasteiger partial charge is 0.353 e. The van der Waals surface area contributed by atoms with E-state index in [-0.39, 0.29) is 25.2 Å². The minimum Gasteiger partial charge on any atom is -0.353 e. The molecule has 0 saturated carbocycles. The highest BCUT2D eigenvalue weighted by molar-refractivity contribution is 5.95. The monoisotopic (exact) mass is 419 g/mol. The first kappa shape index (κ1) is 22.7. The summed E-state index contributed by atoms with van der Waals surface area (Å²) < 4.78 is 37.5. The van der Waals surface area contributed by atoms with Crippen LogP contribution in [0, 0.1) is 0 Å². The Hall–Kier alpha value is -3.62. The van der Waals surface area contributed by atoms with E-state index < -0.39 is 29.5 Å². The lowest BCUT2D eigenvalue weighted by Gasteiger charge is -2.09. The van der Waals surface area contributed by atoms with Gasteiger partial charge in [0.1, 0.15) is 0 Å². The topological polar surface area (TPSA) is 87.3 Å². The molecule has 0 spiro atoms. The van der Waals surface area contributed by atoms with Gasteiger partial charge < -0.3 is 16.0 Å². The normalized spacial score (nSPS) is 11.2. The molecular weight excluding hydrogens is 399 g/mol. The Bertz CT molecular complexity index is 895. The number of nitrogens with one attached hydrogen (secondary N) is 3. The van der Waals surface area contributed by atoms with E-state index >= 15 is 0 Å². The Morgan fingerprint density at radius 3 is 2.10 bits per heavy atom. The average Bonchev–Trinajstić information content (AvgIpc) is 2.74. The molecule has 0 heterocycles. The Kier molecular flexibility index (Phi) is 8.16. The molecule has 0 unspecified atom stereocenters. The van der Waals surface area contributed by atoms with Gasteiger partial charge in [-0.1, -0.05) is 30.3 Å². The maximum absolute atomic E-state index is 12.5. The van der Waals surface area contributed by atoms with Crippen molar-refractivity contribution in [3.8, 4) is 0 Å². The fourth-order valence-electron chi connectivity index (χ4n) is 2.32. The van der Waals surface area contributed by atoms with Crippen LogP contribution >= 0.6 is 0 Å². The van der Waals surface area contributed by atoms with Gasteiger partial charge in [-0.05, 0) is 35.9 Å². The molecule has 0 aliphatic rings. The molecule has 0 fully saturated rings. The van der Waals surface area contributed by atoms with Crippen molar-refractivity contribution in [2.24, 2.45) is 0 Å². The Morgan fingerprint density at radius 1 is 0.833 bits per heavy atom. The number of hydrogen-bond acceptors (Lipinski definition) is 3. The molecule has 0 aliphatic heterocycles. The summed E-state index contributed by atoms with van der Waals surface area (Å²) >= 11 is 0. The van der Waals surface area contributed by atoms with Crippen molar-refractivity contribution >= 4 is 23.8 Å². The number of halogens is 3. The number of carbonyl (C=O) groups is 3. The molecule has 2 aromatic carbocycles. The highest BCUT2D eigenvalue weighted by Gasteiger charge is 2.30. The third kappa shape index (κ3) is 7.78.